The van der Waals surface area contributed by atoms with Crippen LogP contribution in [-0.4, -0.2) is 31.8 Å². The molecule has 0 atom stereocenters. The van der Waals surface area contributed by atoms with Crippen LogP contribution in [0.1, 0.15) is 28.5 Å². The third-order valence-electron chi connectivity index (χ3n) is 4.29. The first-order valence-corrected chi connectivity index (χ1v) is 10.5. The smallest absolute Gasteiger partial charge is 0.340 e. The maximum absolute atomic E-state index is 12.7. The zero-order valence-corrected chi connectivity index (χ0v) is 16.6. The molecule has 0 aliphatic rings. The van der Waals surface area contributed by atoms with Crippen molar-refractivity contribution < 1.29 is 17.9 Å². The minimum absolute atomic E-state index is 0.260. The molecule has 0 saturated heterocycles. The van der Waals surface area contributed by atoms with Crippen LogP contribution in [0.5, 0.6) is 0 Å². The summed E-state index contributed by atoms with van der Waals surface area (Å²) in [6.45, 7) is 5.77. The van der Waals surface area contributed by atoms with Gasteiger partial charge in [-0.2, -0.15) is 0 Å². The third kappa shape index (κ3) is 3.68. The summed E-state index contributed by atoms with van der Waals surface area (Å²) >= 11 is 0. The number of nitrogens with zero attached hydrogens (tertiary/aromatic N) is 1. The predicted octanol–water partition coefficient (Wildman–Crippen LogP) is 3.80. The first-order chi connectivity index (χ1) is 12.7. The normalized spacial score (nSPS) is 11.6. The fourth-order valence-corrected chi connectivity index (χ4v) is 3.92. The molecule has 0 fully saturated rings. The van der Waals surface area contributed by atoms with Crippen molar-refractivity contribution in [1.82, 2.24) is 4.57 Å². The quantitative estimate of drug-likeness (QED) is 0.677. The Morgan fingerprint density at radius 3 is 2.41 bits per heavy atom. The predicted molar refractivity (Wildman–Crippen MR) is 107 cm³/mol. The Balaban J connectivity index is 2.37. The Labute approximate surface area is 158 Å². The highest BCUT2D eigenvalue weighted by Crippen LogP contribution is 2.34. The average molecular weight is 386 g/mol. The van der Waals surface area contributed by atoms with E-state index in [-0.39, 0.29) is 6.61 Å². The summed E-state index contributed by atoms with van der Waals surface area (Å²) < 4.78 is 33.1. The van der Waals surface area contributed by atoms with Gasteiger partial charge < -0.3 is 9.30 Å². The highest BCUT2D eigenvalue weighted by Gasteiger charge is 2.24. The maximum atomic E-state index is 12.7. The number of benzene rings is 2. The van der Waals surface area contributed by atoms with E-state index in [0.717, 1.165) is 28.7 Å². The molecule has 0 unspecified atom stereocenters. The molecule has 1 N–H and O–H groups in total. The van der Waals surface area contributed by atoms with E-state index in [0.29, 0.717) is 16.6 Å². The molecule has 0 saturated carbocycles. The van der Waals surface area contributed by atoms with Gasteiger partial charge in [0.1, 0.15) is 0 Å². The van der Waals surface area contributed by atoms with Gasteiger partial charge in [0.25, 0.3) is 0 Å². The van der Waals surface area contributed by atoms with E-state index in [1.54, 1.807) is 19.1 Å². The highest BCUT2D eigenvalue weighted by atomic mass is 32.2. The molecule has 0 spiro atoms. The van der Waals surface area contributed by atoms with Gasteiger partial charge in [0.2, 0.25) is 10.0 Å². The van der Waals surface area contributed by atoms with Crippen LogP contribution in [-0.2, 0) is 14.8 Å². The zero-order valence-electron chi connectivity index (χ0n) is 15.7. The first kappa shape index (κ1) is 19.0. The van der Waals surface area contributed by atoms with Crippen LogP contribution in [0.3, 0.4) is 0 Å². The maximum Gasteiger partial charge on any atom is 0.340 e. The van der Waals surface area contributed by atoms with E-state index in [9.17, 15) is 13.2 Å². The lowest BCUT2D eigenvalue weighted by atomic mass is 10.1. The topological polar surface area (TPSA) is 77.4 Å². The molecule has 1 aromatic heterocycles. The standard InChI is InChI=1S/C20H22N2O4S/c1-5-26-20(23)18-14(3)22(16-9-7-6-8-10-16)19-13(2)11-15(12-17(18)19)21-27(4,24)25/h6-12,21H,5H2,1-4H3. The fourth-order valence-electron chi connectivity index (χ4n) is 3.38. The largest absolute Gasteiger partial charge is 0.462 e. The summed E-state index contributed by atoms with van der Waals surface area (Å²) in [6.07, 6.45) is 1.10. The van der Waals surface area contributed by atoms with Crippen molar-refractivity contribution in [2.24, 2.45) is 0 Å². The number of anilines is 1. The first-order valence-electron chi connectivity index (χ1n) is 8.59. The highest BCUT2D eigenvalue weighted by molar-refractivity contribution is 7.92. The van der Waals surface area contributed by atoms with Gasteiger partial charge in [0.05, 0.1) is 23.9 Å². The number of aromatic nitrogens is 1. The van der Waals surface area contributed by atoms with Gasteiger partial charge in [-0.3, -0.25) is 4.72 Å². The summed E-state index contributed by atoms with van der Waals surface area (Å²) in [7, 11) is -3.43. The number of fused-ring (bicyclic) bond motifs is 1. The number of rotatable bonds is 5. The van der Waals surface area contributed by atoms with Gasteiger partial charge in [-0.15, -0.1) is 0 Å². The molecule has 142 valence electrons. The lowest BCUT2D eigenvalue weighted by Gasteiger charge is -2.11. The summed E-state index contributed by atoms with van der Waals surface area (Å²) in [5, 5.41) is 0.654. The molecule has 1 heterocycles. The van der Waals surface area contributed by atoms with Crippen molar-refractivity contribution in [2.75, 3.05) is 17.6 Å². The molecule has 0 radical (unpaired) electrons. The number of hydrogen-bond acceptors (Lipinski definition) is 4. The van der Waals surface area contributed by atoms with Gasteiger partial charge >= 0.3 is 5.97 Å². The molecule has 3 rings (SSSR count). The van der Waals surface area contributed by atoms with Crippen molar-refractivity contribution in [2.45, 2.75) is 20.8 Å². The second-order valence-corrected chi connectivity index (χ2v) is 8.16. The van der Waals surface area contributed by atoms with E-state index in [4.69, 9.17) is 4.74 Å². The van der Waals surface area contributed by atoms with Crippen molar-refractivity contribution in [1.29, 1.82) is 0 Å². The fraction of sp³-hybridized carbons (Fsp3) is 0.250. The third-order valence-corrected chi connectivity index (χ3v) is 4.89. The molecule has 6 nitrogen and oxygen atoms in total. The van der Waals surface area contributed by atoms with Crippen molar-refractivity contribution >= 4 is 32.6 Å². The van der Waals surface area contributed by atoms with Crippen molar-refractivity contribution in [3.63, 3.8) is 0 Å². The van der Waals surface area contributed by atoms with Crippen molar-refractivity contribution in [3.8, 4) is 5.69 Å². The SMILES string of the molecule is CCOC(=O)c1c(C)n(-c2ccccc2)c2c(C)cc(NS(C)(=O)=O)cc12. The molecule has 27 heavy (non-hydrogen) atoms. The summed E-state index contributed by atoms with van der Waals surface area (Å²) in [5.41, 5.74) is 4.22. The van der Waals surface area contributed by atoms with Crippen LogP contribution < -0.4 is 4.72 Å². The molecule has 0 bridgehead atoms. The second-order valence-electron chi connectivity index (χ2n) is 6.42. The molecular formula is C20H22N2O4S. The van der Waals surface area contributed by atoms with Gasteiger partial charge in [-0.1, -0.05) is 18.2 Å². The number of para-hydroxylation sites is 1. The Kier molecular flexibility index (Phi) is 4.97. The Morgan fingerprint density at radius 2 is 1.81 bits per heavy atom. The monoisotopic (exact) mass is 386 g/mol. The molecule has 0 aliphatic carbocycles. The summed E-state index contributed by atoms with van der Waals surface area (Å²) in [4.78, 5) is 12.7. The number of ether oxygens (including phenoxy) is 1. The van der Waals surface area contributed by atoms with E-state index < -0.39 is 16.0 Å². The Hall–Kier alpha value is -2.80. The lowest BCUT2D eigenvalue weighted by molar-refractivity contribution is 0.0527. The van der Waals surface area contributed by atoms with E-state index >= 15 is 0 Å². The zero-order chi connectivity index (χ0) is 19.8. The molecule has 0 aliphatic heterocycles. The molecule has 2 aromatic carbocycles. The van der Waals surface area contributed by atoms with Gasteiger partial charge in [0, 0.05) is 22.5 Å². The molecule has 3 aromatic rings. The Morgan fingerprint density at radius 1 is 1.15 bits per heavy atom. The second kappa shape index (κ2) is 7.08. The van der Waals surface area contributed by atoms with Crippen LogP contribution in [0.2, 0.25) is 0 Å². The van der Waals surface area contributed by atoms with Gasteiger partial charge in [0.15, 0.2) is 0 Å². The van der Waals surface area contributed by atoms with E-state index in [1.807, 2.05) is 48.7 Å². The molecule has 0 amide bonds. The van der Waals surface area contributed by atoms with Crippen LogP contribution in [0, 0.1) is 13.8 Å². The summed E-state index contributed by atoms with van der Waals surface area (Å²) in [5.74, 6) is -0.425. The van der Waals surface area contributed by atoms with E-state index in [2.05, 4.69) is 4.72 Å². The number of nitrogens with one attached hydrogen (secondary N) is 1. The minimum Gasteiger partial charge on any atom is -0.462 e. The van der Waals surface area contributed by atoms with Crippen LogP contribution in [0.4, 0.5) is 5.69 Å². The van der Waals surface area contributed by atoms with Crippen LogP contribution in [0.25, 0.3) is 16.6 Å². The minimum atomic E-state index is -3.43. The number of hydrogen-bond donors (Lipinski definition) is 1. The molecule has 7 heteroatoms. The number of sulfonamides is 1. The van der Waals surface area contributed by atoms with Gasteiger partial charge in [-0.05, 0) is 50.6 Å². The van der Waals surface area contributed by atoms with Crippen LogP contribution >= 0.6 is 0 Å². The number of carbonyl (C=O) groups is 1. The number of carbonyl (C=O) groups excluding carboxylic acids is 1. The van der Waals surface area contributed by atoms with Crippen molar-refractivity contribution in [3.05, 3.63) is 59.3 Å². The lowest BCUT2D eigenvalue weighted by Crippen LogP contribution is -2.10. The van der Waals surface area contributed by atoms with E-state index in [1.165, 1.54) is 0 Å². The average Bonchev–Trinajstić information content (AvgIpc) is 2.87. The number of aryl methyl sites for hydroxylation is 1. The van der Waals surface area contributed by atoms with Crippen LogP contribution in [0.15, 0.2) is 42.5 Å². The molecular weight excluding hydrogens is 364 g/mol. The Bertz CT molecular complexity index is 1120. The van der Waals surface area contributed by atoms with Gasteiger partial charge in [-0.25, -0.2) is 13.2 Å². The number of esters is 1. The summed E-state index contributed by atoms with van der Waals surface area (Å²) in [6, 6.07) is 13.2.